The molecule has 0 heterocycles. The van der Waals surface area contributed by atoms with Crippen molar-refractivity contribution in [3.63, 3.8) is 0 Å². The molecular formula is C14H25NSi. The minimum atomic E-state index is 0. The standard InChI is InChI=1S/C14H21N.H4Si/c1-4-14(15(5-2)6-3)12-13-10-8-7-9-11-13;/h7-12H,4-6H2,1-3H3;1H4. The predicted molar refractivity (Wildman–Crippen MR) is 79.0 cm³/mol. The summed E-state index contributed by atoms with van der Waals surface area (Å²) in [5.41, 5.74) is 2.72. The summed E-state index contributed by atoms with van der Waals surface area (Å²) in [4.78, 5) is 2.41. The summed E-state index contributed by atoms with van der Waals surface area (Å²) in [5.74, 6) is 0. The number of nitrogens with zero attached hydrogens (tertiary/aromatic N) is 1. The van der Waals surface area contributed by atoms with E-state index in [2.05, 4.69) is 62.1 Å². The second kappa shape index (κ2) is 8.17. The van der Waals surface area contributed by atoms with Crippen LogP contribution in [0.2, 0.25) is 0 Å². The molecule has 0 saturated heterocycles. The van der Waals surface area contributed by atoms with E-state index >= 15 is 0 Å². The minimum Gasteiger partial charge on any atom is -0.375 e. The largest absolute Gasteiger partial charge is 0.375 e. The van der Waals surface area contributed by atoms with Crippen LogP contribution in [-0.4, -0.2) is 29.0 Å². The Bertz CT molecular complexity index is 302. The molecule has 2 heteroatoms. The van der Waals surface area contributed by atoms with Crippen LogP contribution < -0.4 is 0 Å². The van der Waals surface area contributed by atoms with Crippen molar-refractivity contribution in [1.82, 2.24) is 4.90 Å². The second-order valence-corrected chi connectivity index (χ2v) is 3.57. The van der Waals surface area contributed by atoms with Crippen LogP contribution in [0.15, 0.2) is 36.0 Å². The first-order valence-corrected chi connectivity index (χ1v) is 5.82. The molecule has 0 saturated carbocycles. The Kier molecular flexibility index (Phi) is 7.64. The third kappa shape index (κ3) is 4.23. The first-order chi connectivity index (χ1) is 7.31. The molecule has 0 radical (unpaired) electrons. The van der Waals surface area contributed by atoms with Crippen molar-refractivity contribution in [1.29, 1.82) is 0 Å². The minimum absolute atomic E-state index is 0. The highest BCUT2D eigenvalue weighted by molar-refractivity contribution is 5.75. The molecule has 0 atom stereocenters. The zero-order chi connectivity index (χ0) is 11.1. The fourth-order valence-electron chi connectivity index (χ4n) is 1.79. The fraction of sp³-hybridized carbons (Fsp3) is 0.429. The van der Waals surface area contributed by atoms with Gasteiger partial charge in [0.25, 0.3) is 0 Å². The van der Waals surface area contributed by atoms with E-state index in [-0.39, 0.29) is 11.0 Å². The maximum atomic E-state index is 2.41. The van der Waals surface area contributed by atoms with E-state index < -0.39 is 0 Å². The van der Waals surface area contributed by atoms with Gasteiger partial charge in [-0.15, -0.1) is 0 Å². The molecule has 0 aliphatic rings. The molecule has 0 amide bonds. The smallest absolute Gasteiger partial charge is 0.0146 e. The molecule has 0 fully saturated rings. The lowest BCUT2D eigenvalue weighted by molar-refractivity contribution is 0.375. The van der Waals surface area contributed by atoms with Crippen molar-refractivity contribution in [3.05, 3.63) is 41.6 Å². The van der Waals surface area contributed by atoms with Crippen LogP contribution in [0.5, 0.6) is 0 Å². The van der Waals surface area contributed by atoms with E-state index in [1.54, 1.807) is 0 Å². The van der Waals surface area contributed by atoms with Gasteiger partial charge in [0.2, 0.25) is 0 Å². The lowest BCUT2D eigenvalue weighted by Crippen LogP contribution is -2.21. The lowest BCUT2D eigenvalue weighted by atomic mass is 10.1. The van der Waals surface area contributed by atoms with Crippen molar-refractivity contribution in [3.8, 4) is 0 Å². The third-order valence-corrected chi connectivity index (χ3v) is 2.66. The molecule has 0 spiro atoms. The summed E-state index contributed by atoms with van der Waals surface area (Å²) < 4.78 is 0. The summed E-state index contributed by atoms with van der Waals surface area (Å²) >= 11 is 0. The van der Waals surface area contributed by atoms with Crippen molar-refractivity contribution in [2.45, 2.75) is 27.2 Å². The van der Waals surface area contributed by atoms with Gasteiger partial charge in [-0.25, -0.2) is 0 Å². The highest BCUT2D eigenvalue weighted by Crippen LogP contribution is 2.13. The molecule has 0 unspecified atom stereocenters. The Morgan fingerprint density at radius 2 is 1.62 bits per heavy atom. The average molecular weight is 235 g/mol. The van der Waals surface area contributed by atoms with Gasteiger partial charge in [-0.2, -0.15) is 0 Å². The van der Waals surface area contributed by atoms with Gasteiger partial charge in [0.1, 0.15) is 0 Å². The summed E-state index contributed by atoms with van der Waals surface area (Å²) in [5, 5.41) is 0. The van der Waals surface area contributed by atoms with Gasteiger partial charge in [-0.1, -0.05) is 37.3 Å². The Hall–Kier alpha value is -1.02. The summed E-state index contributed by atoms with van der Waals surface area (Å²) in [7, 11) is 0. The molecule has 0 aromatic heterocycles. The lowest BCUT2D eigenvalue weighted by Gasteiger charge is -2.23. The molecule has 0 bridgehead atoms. The quantitative estimate of drug-likeness (QED) is 0.708. The van der Waals surface area contributed by atoms with Crippen molar-refractivity contribution < 1.29 is 0 Å². The van der Waals surface area contributed by atoms with E-state index in [1.807, 2.05) is 0 Å². The van der Waals surface area contributed by atoms with Crippen LogP contribution in [-0.2, 0) is 0 Å². The van der Waals surface area contributed by atoms with Gasteiger partial charge in [0, 0.05) is 18.8 Å². The van der Waals surface area contributed by atoms with Gasteiger partial charge < -0.3 is 4.90 Å². The first-order valence-electron chi connectivity index (χ1n) is 5.82. The van der Waals surface area contributed by atoms with Gasteiger partial charge in [0.15, 0.2) is 0 Å². The monoisotopic (exact) mass is 235 g/mol. The van der Waals surface area contributed by atoms with Crippen LogP contribution >= 0.6 is 0 Å². The third-order valence-electron chi connectivity index (χ3n) is 2.66. The van der Waals surface area contributed by atoms with Crippen LogP contribution in [0.4, 0.5) is 0 Å². The number of rotatable bonds is 5. The Balaban J connectivity index is 0.00000225. The number of hydrogen-bond acceptors (Lipinski definition) is 1. The fourth-order valence-corrected chi connectivity index (χ4v) is 1.79. The molecule has 16 heavy (non-hydrogen) atoms. The predicted octanol–water partition coefficient (Wildman–Crippen LogP) is 2.33. The van der Waals surface area contributed by atoms with E-state index in [4.69, 9.17) is 0 Å². The zero-order valence-electron chi connectivity index (χ0n) is 10.0. The molecule has 90 valence electrons. The Labute approximate surface area is 104 Å². The molecule has 1 nitrogen and oxygen atoms in total. The van der Waals surface area contributed by atoms with Crippen molar-refractivity contribution >= 4 is 17.0 Å². The van der Waals surface area contributed by atoms with E-state index in [0.29, 0.717) is 0 Å². The van der Waals surface area contributed by atoms with Gasteiger partial charge in [-0.05, 0) is 42.9 Å². The summed E-state index contributed by atoms with van der Waals surface area (Å²) in [6.07, 6.45) is 3.38. The van der Waals surface area contributed by atoms with Crippen molar-refractivity contribution in [2.75, 3.05) is 13.1 Å². The van der Waals surface area contributed by atoms with E-state index in [9.17, 15) is 0 Å². The Morgan fingerprint density at radius 1 is 1.06 bits per heavy atom. The maximum Gasteiger partial charge on any atom is 0.0146 e. The zero-order valence-corrected chi connectivity index (χ0v) is 10.0. The van der Waals surface area contributed by atoms with Gasteiger partial charge in [0.05, 0.1) is 0 Å². The number of hydrogen-bond donors (Lipinski definition) is 0. The highest BCUT2D eigenvalue weighted by Gasteiger charge is 2.02. The van der Waals surface area contributed by atoms with E-state index in [0.717, 1.165) is 19.5 Å². The van der Waals surface area contributed by atoms with Gasteiger partial charge in [-0.3, -0.25) is 0 Å². The molecular weight excluding hydrogens is 210 g/mol. The molecule has 1 aromatic carbocycles. The van der Waals surface area contributed by atoms with Gasteiger partial charge >= 0.3 is 0 Å². The van der Waals surface area contributed by atoms with Crippen LogP contribution in [0.25, 0.3) is 6.08 Å². The topological polar surface area (TPSA) is 3.24 Å². The summed E-state index contributed by atoms with van der Waals surface area (Å²) in [6, 6.07) is 10.5. The Morgan fingerprint density at radius 3 is 2.06 bits per heavy atom. The number of benzene rings is 1. The molecule has 1 rings (SSSR count). The molecule has 0 aliphatic carbocycles. The highest BCUT2D eigenvalue weighted by atomic mass is 28.1. The normalized spacial score (nSPS) is 10.8. The van der Waals surface area contributed by atoms with Crippen molar-refractivity contribution in [2.24, 2.45) is 0 Å². The second-order valence-electron chi connectivity index (χ2n) is 3.57. The molecule has 1 aromatic rings. The molecule has 0 aliphatic heterocycles. The van der Waals surface area contributed by atoms with E-state index in [1.165, 1.54) is 11.3 Å². The molecule has 0 N–H and O–H groups in total. The maximum absolute atomic E-state index is 2.41. The van der Waals surface area contributed by atoms with Crippen LogP contribution in [0.1, 0.15) is 32.8 Å². The number of allylic oxidation sites excluding steroid dienone is 1. The average Bonchev–Trinajstić information content (AvgIpc) is 2.30. The first kappa shape index (κ1) is 15.0. The van der Waals surface area contributed by atoms with Crippen LogP contribution in [0, 0.1) is 0 Å². The SMILES string of the molecule is CCC(=Cc1ccccc1)N(CC)CC.[SiH4]. The summed E-state index contributed by atoms with van der Waals surface area (Å²) in [6.45, 7) is 8.80. The van der Waals surface area contributed by atoms with Crippen LogP contribution in [0.3, 0.4) is 0 Å².